The van der Waals surface area contributed by atoms with Gasteiger partial charge >= 0.3 is 0 Å². The van der Waals surface area contributed by atoms with Gasteiger partial charge in [0.05, 0.1) is 6.04 Å². The van der Waals surface area contributed by atoms with Gasteiger partial charge < -0.3 is 10.3 Å². The van der Waals surface area contributed by atoms with Crippen LogP contribution in [-0.4, -0.2) is 34.9 Å². The highest BCUT2D eigenvalue weighted by Gasteiger charge is 2.48. The Balaban J connectivity index is 1.49. The molecule has 0 radical (unpaired) electrons. The zero-order valence-electron chi connectivity index (χ0n) is 17.1. The number of para-hydroxylation sites is 1. The molecule has 2 aliphatic heterocycles. The van der Waals surface area contributed by atoms with E-state index in [1.54, 1.807) is 0 Å². The molecule has 1 aliphatic carbocycles. The second-order valence-electron chi connectivity index (χ2n) is 9.30. The quantitative estimate of drug-likeness (QED) is 0.808. The lowest BCUT2D eigenvalue weighted by Gasteiger charge is -2.51. The number of carbonyl (C=O) groups excluding carboxylic acids is 1. The summed E-state index contributed by atoms with van der Waals surface area (Å²) in [6, 6.07) is 9.47. The molecule has 5 rings (SSSR count). The maximum Gasteiger partial charge on any atom is 0.220 e. The number of nitrogens with zero attached hydrogens (tertiary/aromatic N) is 1. The van der Waals surface area contributed by atoms with E-state index < -0.39 is 0 Å². The number of nitrogens with one attached hydrogen (secondary N) is 2. The Labute approximate surface area is 168 Å². The van der Waals surface area contributed by atoms with Crippen LogP contribution in [0.1, 0.15) is 75.6 Å². The molecule has 3 aliphatic rings. The predicted octanol–water partition coefficient (Wildman–Crippen LogP) is 4.71. The van der Waals surface area contributed by atoms with Crippen molar-refractivity contribution < 1.29 is 4.79 Å². The molecule has 3 heterocycles. The Morgan fingerprint density at radius 2 is 2.04 bits per heavy atom. The molecule has 4 heteroatoms. The van der Waals surface area contributed by atoms with Gasteiger partial charge in [0.25, 0.3) is 0 Å². The Hall–Kier alpha value is -1.81. The molecule has 1 saturated carbocycles. The van der Waals surface area contributed by atoms with Gasteiger partial charge in [-0.05, 0) is 56.7 Å². The molecule has 2 fully saturated rings. The number of carbonyl (C=O) groups is 1. The van der Waals surface area contributed by atoms with Crippen LogP contribution in [0.5, 0.6) is 0 Å². The van der Waals surface area contributed by atoms with Crippen molar-refractivity contribution in [2.24, 2.45) is 5.41 Å². The molecular formula is C24H33N3O. The largest absolute Gasteiger partial charge is 0.357 e. The number of benzene rings is 1. The maximum absolute atomic E-state index is 13.1. The van der Waals surface area contributed by atoms with Crippen LogP contribution in [-0.2, 0) is 11.2 Å². The van der Waals surface area contributed by atoms with Crippen molar-refractivity contribution in [3.63, 3.8) is 0 Å². The molecule has 2 aromatic rings. The van der Waals surface area contributed by atoms with E-state index in [1.165, 1.54) is 41.4 Å². The highest BCUT2D eigenvalue weighted by atomic mass is 16.1. The summed E-state index contributed by atoms with van der Waals surface area (Å²) in [5, 5.41) is 4.74. The van der Waals surface area contributed by atoms with Gasteiger partial charge in [0, 0.05) is 41.0 Å². The highest BCUT2D eigenvalue weighted by Crippen LogP contribution is 2.53. The van der Waals surface area contributed by atoms with Gasteiger partial charge in [-0.3, -0.25) is 9.69 Å². The molecule has 28 heavy (non-hydrogen) atoms. The first-order valence-corrected chi connectivity index (χ1v) is 11.3. The zero-order chi connectivity index (χ0) is 19.1. The fraction of sp³-hybridized carbons (Fsp3) is 0.625. The van der Waals surface area contributed by atoms with Crippen LogP contribution in [0.3, 0.4) is 0 Å². The summed E-state index contributed by atoms with van der Waals surface area (Å²) >= 11 is 0. The number of piperidine rings is 1. The minimum absolute atomic E-state index is 0.0387. The predicted molar refractivity (Wildman–Crippen MR) is 113 cm³/mol. The van der Waals surface area contributed by atoms with E-state index in [1.807, 2.05) is 0 Å². The fourth-order valence-electron chi connectivity index (χ4n) is 6.34. The molecule has 1 unspecified atom stereocenters. The van der Waals surface area contributed by atoms with Crippen LogP contribution in [0.2, 0.25) is 0 Å². The first kappa shape index (κ1) is 18.2. The van der Waals surface area contributed by atoms with Crippen molar-refractivity contribution in [2.45, 2.75) is 76.8 Å². The third-order valence-corrected chi connectivity index (χ3v) is 7.77. The van der Waals surface area contributed by atoms with Crippen molar-refractivity contribution in [3.8, 4) is 0 Å². The molecule has 0 bridgehead atoms. The lowest BCUT2D eigenvalue weighted by Crippen LogP contribution is -2.51. The van der Waals surface area contributed by atoms with Crippen LogP contribution < -0.4 is 5.32 Å². The van der Waals surface area contributed by atoms with Gasteiger partial charge in [0.2, 0.25) is 5.91 Å². The number of rotatable bonds is 4. The summed E-state index contributed by atoms with van der Waals surface area (Å²) in [6.45, 7) is 4.57. The van der Waals surface area contributed by atoms with Crippen molar-refractivity contribution in [3.05, 3.63) is 35.5 Å². The Bertz CT molecular complexity index is 866. The van der Waals surface area contributed by atoms with Crippen LogP contribution in [0, 0.1) is 5.41 Å². The fourth-order valence-corrected chi connectivity index (χ4v) is 6.34. The number of H-pyrrole nitrogens is 1. The minimum atomic E-state index is 0.0387. The van der Waals surface area contributed by atoms with E-state index in [0.29, 0.717) is 18.5 Å². The Morgan fingerprint density at radius 3 is 2.86 bits per heavy atom. The number of fused-ring (bicyclic) bond motifs is 5. The number of hydrogen-bond donors (Lipinski definition) is 2. The van der Waals surface area contributed by atoms with Gasteiger partial charge in [-0.2, -0.15) is 0 Å². The molecule has 2 atom stereocenters. The van der Waals surface area contributed by atoms with E-state index in [-0.39, 0.29) is 11.3 Å². The summed E-state index contributed by atoms with van der Waals surface area (Å²) in [7, 11) is 0. The normalized spacial score (nSPS) is 28.2. The molecule has 0 spiro atoms. The monoisotopic (exact) mass is 379 g/mol. The van der Waals surface area contributed by atoms with Crippen LogP contribution in [0.4, 0.5) is 0 Å². The second-order valence-corrected chi connectivity index (χ2v) is 9.30. The third kappa shape index (κ3) is 2.97. The van der Waals surface area contributed by atoms with E-state index in [0.717, 1.165) is 45.2 Å². The first-order chi connectivity index (χ1) is 13.7. The number of aromatic amines is 1. The second kappa shape index (κ2) is 7.22. The number of hydrogen-bond acceptors (Lipinski definition) is 2. The average molecular weight is 380 g/mol. The minimum Gasteiger partial charge on any atom is -0.357 e. The average Bonchev–Trinajstić information content (AvgIpc) is 3.35. The number of amides is 1. The maximum atomic E-state index is 13.1. The molecular weight excluding hydrogens is 346 g/mol. The van der Waals surface area contributed by atoms with E-state index in [9.17, 15) is 4.79 Å². The van der Waals surface area contributed by atoms with E-state index >= 15 is 0 Å². The summed E-state index contributed by atoms with van der Waals surface area (Å²) in [5.74, 6) is 0.277. The van der Waals surface area contributed by atoms with Gasteiger partial charge in [-0.1, -0.05) is 38.0 Å². The van der Waals surface area contributed by atoms with Crippen molar-refractivity contribution in [1.82, 2.24) is 15.2 Å². The summed E-state index contributed by atoms with van der Waals surface area (Å²) in [5.41, 5.74) is 4.17. The molecule has 1 aromatic carbocycles. The van der Waals surface area contributed by atoms with E-state index in [4.69, 9.17) is 0 Å². The summed E-state index contributed by atoms with van der Waals surface area (Å²) < 4.78 is 0. The van der Waals surface area contributed by atoms with Gasteiger partial charge in [-0.25, -0.2) is 0 Å². The summed E-state index contributed by atoms with van der Waals surface area (Å²) in [4.78, 5) is 19.5. The van der Waals surface area contributed by atoms with Crippen molar-refractivity contribution in [1.29, 1.82) is 0 Å². The van der Waals surface area contributed by atoms with Crippen LogP contribution in [0.15, 0.2) is 24.3 Å². The topological polar surface area (TPSA) is 48.1 Å². The smallest absolute Gasteiger partial charge is 0.220 e. The number of aromatic nitrogens is 1. The van der Waals surface area contributed by atoms with Gasteiger partial charge in [0.15, 0.2) is 0 Å². The Morgan fingerprint density at radius 1 is 1.21 bits per heavy atom. The standard InChI is InChI=1S/C24H33N3O/c1-2-24(16-21(28)25-17-8-3-4-9-17)13-7-14-27-15-12-19-18-10-5-6-11-20(18)26-22(19)23(24)27/h5-6,10-11,17,23,26H,2-4,7-9,12-16H2,1H3,(H,25,28)/t23?,24-/m0/s1. The molecule has 1 saturated heterocycles. The first-order valence-electron chi connectivity index (χ1n) is 11.3. The van der Waals surface area contributed by atoms with Crippen molar-refractivity contribution in [2.75, 3.05) is 13.1 Å². The highest BCUT2D eigenvalue weighted by molar-refractivity contribution is 5.85. The molecule has 150 valence electrons. The Kier molecular flexibility index (Phi) is 4.70. The zero-order valence-corrected chi connectivity index (χ0v) is 17.1. The van der Waals surface area contributed by atoms with Crippen LogP contribution >= 0.6 is 0 Å². The molecule has 2 N–H and O–H groups in total. The summed E-state index contributed by atoms with van der Waals surface area (Å²) in [6.07, 6.45) is 10.0. The van der Waals surface area contributed by atoms with Gasteiger partial charge in [-0.15, -0.1) is 0 Å². The molecule has 1 aromatic heterocycles. The van der Waals surface area contributed by atoms with Crippen molar-refractivity contribution >= 4 is 16.8 Å². The molecule has 1 amide bonds. The van der Waals surface area contributed by atoms with Gasteiger partial charge in [0.1, 0.15) is 0 Å². The molecule has 4 nitrogen and oxygen atoms in total. The lowest BCUT2D eigenvalue weighted by atomic mass is 9.66. The van der Waals surface area contributed by atoms with Crippen LogP contribution in [0.25, 0.3) is 10.9 Å². The lowest BCUT2D eigenvalue weighted by molar-refractivity contribution is -0.127. The SMILES string of the molecule is CC[C@@]1(CC(=O)NC2CCCC2)CCCN2CCc3c([nH]c4ccccc34)C21. The van der Waals surface area contributed by atoms with E-state index in [2.05, 4.69) is 46.4 Å². The third-order valence-electron chi connectivity index (χ3n) is 7.77.